The number of likely N-dealkylation sites (tertiary alicyclic amines) is 4. The molecule has 4 rings (SSSR count). The van der Waals surface area contributed by atoms with E-state index in [-0.39, 0.29) is 43.3 Å². The van der Waals surface area contributed by atoms with Gasteiger partial charge in [0.1, 0.15) is 24.2 Å². The first kappa shape index (κ1) is 37.3. The van der Waals surface area contributed by atoms with Crippen LogP contribution in [0.5, 0.6) is 0 Å². The van der Waals surface area contributed by atoms with Gasteiger partial charge in [0.2, 0.25) is 35.4 Å². The van der Waals surface area contributed by atoms with E-state index in [0.717, 1.165) is 6.42 Å². The number of nitrogens with zero attached hydrogens (tertiary/aromatic N) is 11. The minimum Gasteiger partial charge on any atom is -0.368 e. The van der Waals surface area contributed by atoms with Crippen LogP contribution in [0.3, 0.4) is 0 Å². The third-order valence-corrected chi connectivity index (χ3v) is 9.94. The standard InChI is InChI=1S/C31H48N12O6/c32-26(44)21-39(16-8-15-36-38-34)28(46)22-9-5-18-41(22)30(48)24-11-7-20-43(24)31(49)25-12-6-19-42(25)29(47)23-10-4-17-40(23)27(45)13-2-1-3-14-35-37-33/h22-25H,1-21H2,(H2,32,44)/t22-,23-,24-,25-/m0/s1. The number of carbonyl (C=O) groups excluding carboxylic acids is 6. The van der Waals surface area contributed by atoms with Gasteiger partial charge >= 0.3 is 0 Å². The fraction of sp³-hybridized carbons (Fsp3) is 0.806. The maximum Gasteiger partial charge on any atom is 0.246 e. The molecule has 0 saturated carbocycles. The van der Waals surface area contributed by atoms with Crippen LogP contribution in [0.15, 0.2) is 10.2 Å². The first-order chi connectivity index (χ1) is 23.7. The van der Waals surface area contributed by atoms with E-state index in [2.05, 4.69) is 20.1 Å². The number of hydrogen-bond acceptors (Lipinski definition) is 8. The monoisotopic (exact) mass is 684 g/mol. The summed E-state index contributed by atoms with van der Waals surface area (Å²) in [5.41, 5.74) is 22.4. The summed E-state index contributed by atoms with van der Waals surface area (Å²) in [5.74, 6) is -2.03. The van der Waals surface area contributed by atoms with Gasteiger partial charge in [-0.05, 0) is 81.7 Å². The second kappa shape index (κ2) is 18.3. The van der Waals surface area contributed by atoms with E-state index < -0.39 is 36.0 Å². The predicted octanol–water partition coefficient (Wildman–Crippen LogP) is 1.84. The van der Waals surface area contributed by atoms with E-state index in [0.29, 0.717) is 110 Å². The Hall–Kier alpha value is -4.56. The molecule has 18 heteroatoms. The molecule has 0 aromatic rings. The van der Waals surface area contributed by atoms with Gasteiger partial charge in [0.05, 0.1) is 6.54 Å². The SMILES string of the molecule is [N-]=[N+]=NCCCCCC(=O)N1CCC[C@H]1C(=O)N1CCC[C@H]1C(=O)N1CCC[C@H]1C(=O)N1CCC[C@H]1C(=O)N(CCCN=[N+]=[N-])CC(N)=O. The summed E-state index contributed by atoms with van der Waals surface area (Å²) >= 11 is 0. The Morgan fingerprint density at radius 3 is 1.59 bits per heavy atom. The molecule has 4 fully saturated rings. The maximum atomic E-state index is 14.1. The molecule has 0 bridgehead atoms. The van der Waals surface area contributed by atoms with Crippen molar-refractivity contribution in [2.45, 2.75) is 108 Å². The Kier molecular flexibility index (Phi) is 13.9. The minimum atomic E-state index is -0.801. The molecule has 4 atom stereocenters. The number of carbonyl (C=O) groups is 6. The van der Waals surface area contributed by atoms with Gasteiger partial charge in [0, 0.05) is 62.1 Å². The molecule has 49 heavy (non-hydrogen) atoms. The van der Waals surface area contributed by atoms with Crippen molar-refractivity contribution in [3.63, 3.8) is 0 Å². The second-order valence-electron chi connectivity index (χ2n) is 13.1. The Bertz CT molecular complexity index is 1350. The first-order valence-electron chi connectivity index (χ1n) is 17.5. The van der Waals surface area contributed by atoms with Crippen LogP contribution in [0, 0.1) is 0 Å². The van der Waals surface area contributed by atoms with Gasteiger partial charge < -0.3 is 30.2 Å². The fourth-order valence-electron chi connectivity index (χ4n) is 7.62. The fourth-order valence-corrected chi connectivity index (χ4v) is 7.62. The Balaban J connectivity index is 1.39. The number of primary amides is 1. The Morgan fingerprint density at radius 1 is 0.633 bits per heavy atom. The zero-order chi connectivity index (χ0) is 35.3. The summed E-state index contributed by atoms with van der Waals surface area (Å²) in [6.07, 6.45) is 7.09. The van der Waals surface area contributed by atoms with Crippen molar-refractivity contribution in [3.8, 4) is 0 Å². The molecule has 0 spiro atoms. The molecule has 4 heterocycles. The molecule has 6 amide bonds. The van der Waals surface area contributed by atoms with Crippen molar-refractivity contribution in [1.82, 2.24) is 24.5 Å². The van der Waals surface area contributed by atoms with Gasteiger partial charge in [-0.3, -0.25) is 28.8 Å². The average Bonchev–Trinajstić information content (AvgIpc) is 3.92. The van der Waals surface area contributed by atoms with Gasteiger partial charge in [-0.2, -0.15) is 0 Å². The van der Waals surface area contributed by atoms with Gasteiger partial charge in [-0.1, -0.05) is 16.6 Å². The normalized spacial score (nSPS) is 23.3. The molecule has 4 aliphatic rings. The van der Waals surface area contributed by atoms with Crippen LogP contribution in [-0.4, -0.2) is 136 Å². The number of unbranched alkanes of at least 4 members (excludes halogenated alkanes) is 2. The predicted molar refractivity (Wildman–Crippen MR) is 176 cm³/mol. The molecule has 0 aromatic carbocycles. The number of amides is 6. The van der Waals surface area contributed by atoms with Crippen molar-refractivity contribution in [3.05, 3.63) is 20.9 Å². The number of rotatable bonds is 16. The summed E-state index contributed by atoms with van der Waals surface area (Å²) in [7, 11) is 0. The van der Waals surface area contributed by atoms with E-state index in [1.807, 2.05) is 0 Å². The zero-order valence-corrected chi connectivity index (χ0v) is 28.1. The molecular weight excluding hydrogens is 636 g/mol. The molecule has 268 valence electrons. The van der Waals surface area contributed by atoms with Crippen molar-refractivity contribution in [2.75, 3.05) is 52.4 Å². The van der Waals surface area contributed by atoms with Crippen LogP contribution in [0.1, 0.15) is 83.5 Å². The summed E-state index contributed by atoms with van der Waals surface area (Å²) in [6, 6.07) is -2.91. The van der Waals surface area contributed by atoms with Crippen molar-refractivity contribution in [1.29, 1.82) is 0 Å². The van der Waals surface area contributed by atoms with Crippen LogP contribution >= 0.6 is 0 Å². The lowest BCUT2D eigenvalue weighted by Gasteiger charge is -2.36. The highest BCUT2D eigenvalue weighted by Gasteiger charge is 2.47. The number of nitrogens with two attached hydrogens (primary N) is 1. The molecule has 4 saturated heterocycles. The molecule has 0 radical (unpaired) electrons. The van der Waals surface area contributed by atoms with Gasteiger partial charge in [-0.25, -0.2) is 0 Å². The molecule has 4 aliphatic heterocycles. The Labute approximate surface area is 285 Å². The minimum absolute atomic E-state index is 0.0910. The van der Waals surface area contributed by atoms with Gasteiger partial charge in [-0.15, -0.1) is 0 Å². The van der Waals surface area contributed by atoms with Gasteiger partial charge in [0.25, 0.3) is 0 Å². The second-order valence-corrected chi connectivity index (χ2v) is 13.1. The maximum absolute atomic E-state index is 14.1. The highest BCUT2D eigenvalue weighted by molar-refractivity contribution is 5.97. The lowest BCUT2D eigenvalue weighted by molar-refractivity contribution is -0.153. The zero-order valence-electron chi connectivity index (χ0n) is 28.1. The highest BCUT2D eigenvalue weighted by atomic mass is 16.2. The number of hydrogen-bond donors (Lipinski definition) is 1. The van der Waals surface area contributed by atoms with Crippen LogP contribution in [0.25, 0.3) is 20.9 Å². The van der Waals surface area contributed by atoms with E-state index in [1.54, 1.807) is 14.7 Å². The quantitative estimate of drug-likeness (QED) is 0.110. The van der Waals surface area contributed by atoms with Crippen molar-refractivity contribution < 1.29 is 28.8 Å². The third kappa shape index (κ3) is 9.33. The van der Waals surface area contributed by atoms with Crippen LogP contribution in [-0.2, 0) is 28.8 Å². The van der Waals surface area contributed by atoms with Gasteiger partial charge in [0.15, 0.2) is 0 Å². The molecule has 0 aromatic heterocycles. The molecular formula is C31H48N12O6. The number of azide groups is 2. The van der Waals surface area contributed by atoms with Crippen LogP contribution in [0.4, 0.5) is 0 Å². The molecule has 18 nitrogen and oxygen atoms in total. The first-order valence-corrected chi connectivity index (χ1v) is 17.5. The Morgan fingerprint density at radius 2 is 1.08 bits per heavy atom. The van der Waals surface area contributed by atoms with Crippen LogP contribution in [0.2, 0.25) is 0 Å². The lowest BCUT2D eigenvalue weighted by Crippen LogP contribution is -2.57. The van der Waals surface area contributed by atoms with E-state index in [4.69, 9.17) is 16.8 Å². The topological polar surface area (TPSA) is 242 Å². The third-order valence-electron chi connectivity index (χ3n) is 9.94. The average molecular weight is 685 g/mol. The van der Waals surface area contributed by atoms with E-state index in [1.165, 1.54) is 9.80 Å². The largest absolute Gasteiger partial charge is 0.368 e. The van der Waals surface area contributed by atoms with Crippen molar-refractivity contribution in [2.24, 2.45) is 16.0 Å². The highest BCUT2D eigenvalue weighted by Crippen LogP contribution is 2.31. The molecule has 0 unspecified atom stereocenters. The summed E-state index contributed by atoms with van der Waals surface area (Å²) in [6.45, 7) is 1.93. The van der Waals surface area contributed by atoms with Crippen molar-refractivity contribution >= 4 is 35.4 Å². The van der Waals surface area contributed by atoms with E-state index in [9.17, 15) is 28.8 Å². The molecule has 2 N–H and O–H groups in total. The summed E-state index contributed by atoms with van der Waals surface area (Å²) in [5, 5.41) is 6.99. The smallest absolute Gasteiger partial charge is 0.246 e. The summed E-state index contributed by atoms with van der Waals surface area (Å²) in [4.78, 5) is 93.4. The summed E-state index contributed by atoms with van der Waals surface area (Å²) < 4.78 is 0. The van der Waals surface area contributed by atoms with E-state index >= 15 is 0 Å². The lowest BCUT2D eigenvalue weighted by atomic mass is 10.1. The molecule has 0 aliphatic carbocycles. The van der Waals surface area contributed by atoms with Crippen LogP contribution < -0.4 is 5.73 Å².